The number of aliphatic hydroxyl groups excluding tert-OH is 1. The number of carboxylic acids is 1. The number of hydrogen-bond acceptors (Lipinski definition) is 4. The number of rotatable bonds is 7. The van der Waals surface area contributed by atoms with Gasteiger partial charge in [0.2, 0.25) is 0 Å². The van der Waals surface area contributed by atoms with E-state index < -0.39 is 18.7 Å². The van der Waals surface area contributed by atoms with Crippen molar-refractivity contribution in [3.63, 3.8) is 0 Å². The van der Waals surface area contributed by atoms with E-state index in [1.54, 1.807) is 25.1 Å². The number of aliphatic hydroxyl groups is 1. The number of benzene rings is 1. The van der Waals surface area contributed by atoms with Crippen LogP contribution in [0.2, 0.25) is 5.02 Å². The summed E-state index contributed by atoms with van der Waals surface area (Å²) in [5.74, 6) is -0.562. The molecule has 3 N–H and O–H groups in total. The second kappa shape index (κ2) is 7.20. The minimum atomic E-state index is -1.03. The van der Waals surface area contributed by atoms with Crippen LogP contribution in [0.5, 0.6) is 5.75 Å². The zero-order valence-corrected chi connectivity index (χ0v) is 10.8. The van der Waals surface area contributed by atoms with Gasteiger partial charge in [0.25, 0.3) is 0 Å². The molecule has 100 valence electrons. The normalized spacial score (nSPS) is 12.2. The summed E-state index contributed by atoms with van der Waals surface area (Å²) in [7, 11) is 0. The predicted molar refractivity (Wildman–Crippen MR) is 68.0 cm³/mol. The highest BCUT2D eigenvalue weighted by atomic mass is 35.5. The molecule has 0 aliphatic carbocycles. The number of carbonyl (C=O) groups is 1. The molecule has 0 saturated heterocycles. The maximum Gasteiger partial charge on any atom is 0.341 e. The van der Waals surface area contributed by atoms with Crippen LogP contribution in [-0.2, 0) is 11.3 Å². The SMILES string of the molecule is C[C@@H](O)CNCc1cc(Cl)ccc1OCC(=O)O. The molecule has 0 fully saturated rings. The number of hydrogen-bond donors (Lipinski definition) is 3. The number of aliphatic carboxylic acids is 1. The van der Waals surface area contributed by atoms with E-state index in [-0.39, 0.29) is 0 Å². The summed E-state index contributed by atoms with van der Waals surface area (Å²) in [6, 6.07) is 4.97. The molecular weight excluding hydrogens is 258 g/mol. The fraction of sp³-hybridized carbons (Fsp3) is 0.417. The Bertz CT molecular complexity index is 409. The Hall–Kier alpha value is -1.30. The number of nitrogens with one attached hydrogen (secondary N) is 1. The zero-order valence-electron chi connectivity index (χ0n) is 10.0. The lowest BCUT2D eigenvalue weighted by Gasteiger charge is -2.12. The molecule has 0 bridgehead atoms. The lowest BCUT2D eigenvalue weighted by Crippen LogP contribution is -2.24. The van der Waals surface area contributed by atoms with Crippen LogP contribution >= 0.6 is 11.6 Å². The van der Waals surface area contributed by atoms with E-state index in [1.165, 1.54) is 0 Å². The zero-order chi connectivity index (χ0) is 13.5. The quantitative estimate of drug-likeness (QED) is 0.697. The molecule has 6 heteroatoms. The highest BCUT2D eigenvalue weighted by Crippen LogP contribution is 2.22. The Morgan fingerprint density at radius 1 is 1.56 bits per heavy atom. The third-order valence-electron chi connectivity index (χ3n) is 2.13. The molecule has 0 radical (unpaired) electrons. The van der Waals surface area contributed by atoms with Gasteiger partial charge in [-0.2, -0.15) is 0 Å². The summed E-state index contributed by atoms with van der Waals surface area (Å²) in [6.45, 7) is 2.16. The van der Waals surface area contributed by atoms with Gasteiger partial charge in [-0.05, 0) is 25.1 Å². The van der Waals surface area contributed by atoms with Crippen molar-refractivity contribution in [1.29, 1.82) is 0 Å². The van der Waals surface area contributed by atoms with Gasteiger partial charge in [0.05, 0.1) is 6.10 Å². The highest BCUT2D eigenvalue weighted by Gasteiger charge is 2.07. The first-order valence-corrected chi connectivity index (χ1v) is 5.88. The van der Waals surface area contributed by atoms with Crippen LogP contribution in [0.3, 0.4) is 0 Å². The van der Waals surface area contributed by atoms with Gasteiger partial charge in [-0.25, -0.2) is 4.79 Å². The van der Waals surface area contributed by atoms with Crippen molar-refractivity contribution in [3.8, 4) is 5.75 Å². The number of halogens is 1. The van der Waals surface area contributed by atoms with Gasteiger partial charge in [-0.1, -0.05) is 11.6 Å². The van der Waals surface area contributed by atoms with Crippen molar-refractivity contribution >= 4 is 17.6 Å². The Labute approximate surface area is 110 Å². The first kappa shape index (κ1) is 14.8. The molecule has 0 unspecified atom stereocenters. The lowest BCUT2D eigenvalue weighted by atomic mass is 10.2. The van der Waals surface area contributed by atoms with Gasteiger partial charge in [-0.3, -0.25) is 0 Å². The summed E-state index contributed by atoms with van der Waals surface area (Å²) in [5.41, 5.74) is 0.754. The van der Waals surface area contributed by atoms with Crippen molar-refractivity contribution in [2.24, 2.45) is 0 Å². The Balaban J connectivity index is 2.67. The summed E-state index contributed by atoms with van der Waals surface area (Å²) in [6.07, 6.45) is -0.451. The molecule has 0 aliphatic heterocycles. The van der Waals surface area contributed by atoms with Crippen molar-refractivity contribution < 1.29 is 19.7 Å². The highest BCUT2D eigenvalue weighted by molar-refractivity contribution is 6.30. The van der Waals surface area contributed by atoms with E-state index in [4.69, 9.17) is 26.6 Å². The van der Waals surface area contributed by atoms with Crippen LogP contribution in [0.15, 0.2) is 18.2 Å². The van der Waals surface area contributed by atoms with E-state index in [0.29, 0.717) is 23.9 Å². The van der Waals surface area contributed by atoms with Gasteiger partial charge in [0.1, 0.15) is 5.75 Å². The monoisotopic (exact) mass is 273 g/mol. The second-order valence-corrected chi connectivity index (χ2v) is 4.35. The average molecular weight is 274 g/mol. The van der Waals surface area contributed by atoms with Gasteiger partial charge >= 0.3 is 5.97 Å². The molecule has 1 rings (SSSR count). The summed E-state index contributed by atoms with van der Waals surface area (Å²) in [5, 5.41) is 21.3. The average Bonchev–Trinajstić information content (AvgIpc) is 2.27. The van der Waals surface area contributed by atoms with Crippen LogP contribution in [0.4, 0.5) is 0 Å². The minimum Gasteiger partial charge on any atom is -0.482 e. The number of carboxylic acid groups (broad SMARTS) is 1. The third kappa shape index (κ3) is 5.35. The molecule has 0 spiro atoms. The van der Waals surface area contributed by atoms with E-state index in [0.717, 1.165) is 5.56 Å². The van der Waals surface area contributed by atoms with Crippen LogP contribution < -0.4 is 10.1 Å². The Morgan fingerprint density at radius 3 is 2.89 bits per heavy atom. The fourth-order valence-corrected chi connectivity index (χ4v) is 1.58. The van der Waals surface area contributed by atoms with Gasteiger partial charge in [-0.15, -0.1) is 0 Å². The van der Waals surface area contributed by atoms with Crippen LogP contribution in [0, 0.1) is 0 Å². The van der Waals surface area contributed by atoms with Crippen LogP contribution in [0.1, 0.15) is 12.5 Å². The smallest absolute Gasteiger partial charge is 0.341 e. The first-order chi connectivity index (χ1) is 8.49. The molecule has 18 heavy (non-hydrogen) atoms. The maximum atomic E-state index is 10.5. The third-order valence-corrected chi connectivity index (χ3v) is 2.36. The van der Waals surface area contributed by atoms with Crippen LogP contribution in [0.25, 0.3) is 0 Å². The van der Waals surface area contributed by atoms with Crippen LogP contribution in [-0.4, -0.2) is 35.4 Å². The molecular formula is C12H16ClNO4. The molecule has 5 nitrogen and oxygen atoms in total. The summed E-state index contributed by atoms with van der Waals surface area (Å²) in [4.78, 5) is 10.5. The number of ether oxygens (including phenoxy) is 1. The largest absolute Gasteiger partial charge is 0.482 e. The van der Waals surface area contributed by atoms with Crippen molar-refractivity contribution in [2.75, 3.05) is 13.2 Å². The summed E-state index contributed by atoms with van der Waals surface area (Å²) < 4.78 is 5.15. The standard InChI is InChI=1S/C12H16ClNO4/c1-8(15)5-14-6-9-4-10(13)2-3-11(9)18-7-12(16)17/h2-4,8,14-15H,5-7H2,1H3,(H,16,17)/t8-/m1/s1. The van der Waals surface area contributed by atoms with E-state index in [1.807, 2.05) is 0 Å². The second-order valence-electron chi connectivity index (χ2n) is 3.91. The van der Waals surface area contributed by atoms with E-state index >= 15 is 0 Å². The lowest BCUT2D eigenvalue weighted by molar-refractivity contribution is -0.139. The molecule has 1 atom stereocenters. The topological polar surface area (TPSA) is 78.8 Å². The molecule has 0 aliphatic rings. The maximum absolute atomic E-state index is 10.5. The van der Waals surface area contributed by atoms with E-state index in [9.17, 15) is 4.79 Å². The molecule has 0 aromatic heterocycles. The van der Waals surface area contributed by atoms with Gasteiger partial charge in [0, 0.05) is 23.7 Å². The van der Waals surface area contributed by atoms with E-state index in [2.05, 4.69) is 5.32 Å². The molecule has 0 saturated carbocycles. The van der Waals surface area contributed by atoms with Crippen molar-refractivity contribution in [2.45, 2.75) is 19.6 Å². The minimum absolute atomic E-state index is 0.398. The fourth-order valence-electron chi connectivity index (χ4n) is 1.38. The van der Waals surface area contributed by atoms with Crippen molar-refractivity contribution in [1.82, 2.24) is 5.32 Å². The molecule has 1 aromatic rings. The predicted octanol–water partition coefficient (Wildman–Crippen LogP) is 1.27. The first-order valence-electron chi connectivity index (χ1n) is 5.51. The van der Waals surface area contributed by atoms with Crippen molar-refractivity contribution in [3.05, 3.63) is 28.8 Å². The molecule has 0 amide bonds. The Morgan fingerprint density at radius 2 is 2.28 bits per heavy atom. The Kier molecular flexibility index (Phi) is 5.91. The molecule has 1 aromatic carbocycles. The molecule has 0 heterocycles. The van der Waals surface area contributed by atoms with Gasteiger partial charge < -0.3 is 20.3 Å². The van der Waals surface area contributed by atoms with Gasteiger partial charge in [0.15, 0.2) is 6.61 Å². The summed E-state index contributed by atoms with van der Waals surface area (Å²) >= 11 is 5.87.